The van der Waals surface area contributed by atoms with E-state index in [0.29, 0.717) is 21.1 Å². The number of thiazole rings is 1. The number of ether oxygens (including phenoxy) is 2. The summed E-state index contributed by atoms with van der Waals surface area (Å²) < 4.78 is 46.8. The van der Waals surface area contributed by atoms with Gasteiger partial charge in [-0.3, -0.25) is 4.79 Å². The number of benzene rings is 2. The number of hydrogen-bond donors (Lipinski definition) is 1. The lowest BCUT2D eigenvalue weighted by molar-refractivity contribution is -0.274. The number of aromatic nitrogens is 1. The van der Waals surface area contributed by atoms with Crippen LogP contribution >= 0.6 is 11.3 Å². The fourth-order valence-corrected chi connectivity index (χ4v) is 3.62. The molecule has 26 heavy (non-hydrogen) atoms. The van der Waals surface area contributed by atoms with Crippen LogP contribution in [0, 0.1) is 0 Å². The van der Waals surface area contributed by atoms with Gasteiger partial charge in [0.15, 0.2) is 5.13 Å². The van der Waals surface area contributed by atoms with Crippen molar-refractivity contribution in [2.45, 2.75) is 12.3 Å². The lowest BCUT2D eigenvalue weighted by Crippen LogP contribution is -2.22. The second kappa shape index (κ2) is 6.17. The number of nitrogens with zero attached hydrogens (tertiary/aromatic N) is 1. The third-order valence-corrected chi connectivity index (χ3v) is 4.77. The van der Waals surface area contributed by atoms with Crippen LogP contribution in [0.5, 0.6) is 11.5 Å². The SMILES string of the molecule is O=C(Nc1nc2ccc(OC(F)(F)F)cc2s1)[C@@H]1COc2ccccc21. The lowest BCUT2D eigenvalue weighted by Gasteiger charge is -2.07. The van der Waals surface area contributed by atoms with E-state index in [-0.39, 0.29) is 18.3 Å². The van der Waals surface area contributed by atoms with Gasteiger partial charge in [-0.15, -0.1) is 13.2 Å². The molecule has 134 valence electrons. The first-order valence-electron chi connectivity index (χ1n) is 7.58. The fourth-order valence-electron chi connectivity index (χ4n) is 2.73. The van der Waals surface area contributed by atoms with E-state index in [9.17, 15) is 18.0 Å². The van der Waals surface area contributed by atoms with Gasteiger partial charge in [0.2, 0.25) is 5.91 Å². The number of anilines is 1. The second-order valence-corrected chi connectivity index (χ2v) is 6.62. The molecule has 1 atom stereocenters. The first-order chi connectivity index (χ1) is 12.4. The van der Waals surface area contributed by atoms with Crippen LogP contribution in [0.2, 0.25) is 0 Å². The van der Waals surface area contributed by atoms with Gasteiger partial charge in [0.25, 0.3) is 0 Å². The number of carbonyl (C=O) groups excluding carboxylic acids is 1. The zero-order valence-electron chi connectivity index (χ0n) is 13.0. The van der Waals surface area contributed by atoms with Crippen molar-refractivity contribution in [3.8, 4) is 11.5 Å². The van der Waals surface area contributed by atoms with Crippen LogP contribution in [0.4, 0.5) is 18.3 Å². The van der Waals surface area contributed by atoms with Crippen molar-refractivity contribution in [2.75, 3.05) is 11.9 Å². The molecule has 0 saturated heterocycles. The molecule has 0 spiro atoms. The van der Waals surface area contributed by atoms with E-state index in [4.69, 9.17) is 4.74 Å². The molecule has 0 saturated carbocycles. The van der Waals surface area contributed by atoms with Crippen LogP contribution in [0.15, 0.2) is 42.5 Å². The van der Waals surface area contributed by atoms with Gasteiger partial charge in [0.05, 0.1) is 10.2 Å². The number of alkyl halides is 3. The number of rotatable bonds is 3. The molecule has 3 aromatic rings. The number of carbonyl (C=O) groups is 1. The molecule has 5 nitrogen and oxygen atoms in total. The summed E-state index contributed by atoms with van der Waals surface area (Å²) in [6, 6.07) is 11.1. The summed E-state index contributed by atoms with van der Waals surface area (Å²) >= 11 is 1.07. The van der Waals surface area contributed by atoms with Crippen molar-refractivity contribution in [1.82, 2.24) is 4.98 Å². The van der Waals surface area contributed by atoms with Crippen molar-refractivity contribution >= 4 is 32.6 Å². The Hall–Kier alpha value is -2.81. The highest BCUT2D eigenvalue weighted by Crippen LogP contribution is 2.36. The number of halogens is 3. The summed E-state index contributed by atoms with van der Waals surface area (Å²) in [5.41, 5.74) is 1.27. The zero-order chi connectivity index (χ0) is 18.3. The van der Waals surface area contributed by atoms with Gasteiger partial charge >= 0.3 is 6.36 Å². The minimum absolute atomic E-state index is 0.236. The highest BCUT2D eigenvalue weighted by atomic mass is 32.1. The molecule has 1 amide bonds. The Balaban J connectivity index is 1.53. The fraction of sp³-hybridized carbons (Fsp3) is 0.176. The molecule has 2 heterocycles. The first-order valence-corrected chi connectivity index (χ1v) is 8.40. The molecule has 4 rings (SSSR count). The summed E-state index contributed by atoms with van der Waals surface area (Å²) in [5.74, 6) is -0.390. The summed E-state index contributed by atoms with van der Waals surface area (Å²) in [5, 5.41) is 3.01. The van der Waals surface area contributed by atoms with E-state index in [0.717, 1.165) is 16.9 Å². The van der Waals surface area contributed by atoms with E-state index < -0.39 is 12.3 Å². The van der Waals surface area contributed by atoms with Gasteiger partial charge in [-0.1, -0.05) is 29.5 Å². The Morgan fingerprint density at radius 3 is 2.88 bits per heavy atom. The van der Waals surface area contributed by atoms with Crippen molar-refractivity contribution in [1.29, 1.82) is 0 Å². The predicted molar refractivity (Wildman–Crippen MR) is 89.6 cm³/mol. The summed E-state index contributed by atoms with van der Waals surface area (Å²) in [7, 11) is 0. The zero-order valence-corrected chi connectivity index (χ0v) is 13.9. The Bertz CT molecular complexity index is 987. The average molecular weight is 380 g/mol. The maximum atomic E-state index is 12.5. The molecule has 0 aliphatic carbocycles. The highest BCUT2D eigenvalue weighted by molar-refractivity contribution is 7.22. The number of nitrogens with one attached hydrogen (secondary N) is 1. The molecule has 9 heteroatoms. The third-order valence-electron chi connectivity index (χ3n) is 3.84. The molecule has 0 radical (unpaired) electrons. The maximum absolute atomic E-state index is 12.5. The average Bonchev–Trinajstić information content (AvgIpc) is 3.16. The molecule has 0 unspecified atom stereocenters. The van der Waals surface area contributed by atoms with Crippen molar-refractivity contribution in [2.24, 2.45) is 0 Å². The van der Waals surface area contributed by atoms with Crippen molar-refractivity contribution in [3.05, 3.63) is 48.0 Å². The Kier molecular flexibility index (Phi) is 3.95. The standard InChI is InChI=1S/C17H11F3N2O3S/c18-17(19,20)25-9-5-6-12-14(7-9)26-16(21-12)22-15(23)11-8-24-13-4-2-1-3-10(11)13/h1-7,11H,8H2,(H,21,22,23)/t11-/m1/s1. The number of fused-ring (bicyclic) bond motifs is 2. The van der Waals surface area contributed by atoms with E-state index >= 15 is 0 Å². The summed E-state index contributed by atoms with van der Waals surface area (Å²) in [4.78, 5) is 16.7. The predicted octanol–water partition coefficient (Wildman–Crippen LogP) is 4.31. The Labute approximate surface area is 149 Å². The number of hydrogen-bond acceptors (Lipinski definition) is 5. The van der Waals surface area contributed by atoms with Gasteiger partial charge in [-0.2, -0.15) is 0 Å². The molecule has 1 aliphatic rings. The highest BCUT2D eigenvalue weighted by Gasteiger charge is 2.32. The molecular weight excluding hydrogens is 369 g/mol. The maximum Gasteiger partial charge on any atom is 0.573 e. The Morgan fingerprint density at radius 2 is 2.08 bits per heavy atom. The van der Waals surface area contributed by atoms with Gasteiger partial charge in [-0.25, -0.2) is 4.98 Å². The largest absolute Gasteiger partial charge is 0.573 e. The topological polar surface area (TPSA) is 60.5 Å². The van der Waals surface area contributed by atoms with Crippen LogP contribution in [0.1, 0.15) is 11.5 Å². The monoisotopic (exact) mass is 380 g/mol. The van der Waals surface area contributed by atoms with E-state index in [1.165, 1.54) is 18.2 Å². The quantitative estimate of drug-likeness (QED) is 0.736. The van der Waals surface area contributed by atoms with Gasteiger partial charge in [-0.05, 0) is 18.2 Å². The minimum atomic E-state index is -4.76. The van der Waals surface area contributed by atoms with Crippen molar-refractivity contribution in [3.63, 3.8) is 0 Å². The van der Waals surface area contributed by atoms with Crippen LogP contribution < -0.4 is 14.8 Å². The lowest BCUT2D eigenvalue weighted by atomic mass is 10.0. The van der Waals surface area contributed by atoms with E-state index in [1.807, 2.05) is 18.2 Å². The van der Waals surface area contributed by atoms with Crippen molar-refractivity contribution < 1.29 is 27.4 Å². The molecular formula is C17H11F3N2O3S. The van der Waals surface area contributed by atoms with Gasteiger partial charge in [0, 0.05) is 11.6 Å². The van der Waals surface area contributed by atoms with Gasteiger partial charge < -0.3 is 14.8 Å². The molecule has 2 aromatic carbocycles. The number of amides is 1. The van der Waals surface area contributed by atoms with Crippen LogP contribution in [-0.2, 0) is 4.79 Å². The smallest absolute Gasteiger partial charge is 0.492 e. The Morgan fingerprint density at radius 1 is 1.27 bits per heavy atom. The molecule has 0 bridgehead atoms. The minimum Gasteiger partial charge on any atom is -0.492 e. The van der Waals surface area contributed by atoms with Crippen LogP contribution in [0.3, 0.4) is 0 Å². The third kappa shape index (κ3) is 3.30. The van der Waals surface area contributed by atoms with E-state index in [2.05, 4.69) is 15.0 Å². The first kappa shape index (κ1) is 16.6. The van der Waals surface area contributed by atoms with Gasteiger partial charge in [0.1, 0.15) is 24.0 Å². The summed E-state index contributed by atoms with van der Waals surface area (Å²) in [6.07, 6.45) is -4.76. The molecule has 1 N–H and O–H groups in total. The van der Waals surface area contributed by atoms with Crippen LogP contribution in [-0.4, -0.2) is 23.9 Å². The molecule has 1 aliphatic heterocycles. The summed E-state index contributed by atoms with van der Waals surface area (Å²) in [6.45, 7) is 0.236. The molecule has 1 aromatic heterocycles. The second-order valence-electron chi connectivity index (χ2n) is 5.59. The normalized spacial score (nSPS) is 16.2. The van der Waals surface area contributed by atoms with Crippen LogP contribution in [0.25, 0.3) is 10.2 Å². The molecule has 0 fully saturated rings. The van der Waals surface area contributed by atoms with E-state index in [1.54, 1.807) is 6.07 Å². The number of para-hydroxylation sites is 1.